The van der Waals surface area contributed by atoms with Crippen molar-refractivity contribution in [3.05, 3.63) is 70.3 Å². The third kappa shape index (κ3) is 3.56. The Morgan fingerprint density at radius 2 is 1.78 bits per heavy atom. The van der Waals surface area contributed by atoms with Crippen molar-refractivity contribution >= 4 is 21.7 Å². The number of esters is 1. The molecule has 0 N–H and O–H groups in total. The Bertz CT molecular complexity index is 944. The first-order valence-corrected chi connectivity index (χ1v) is 9.69. The van der Waals surface area contributed by atoms with Crippen molar-refractivity contribution in [2.45, 2.75) is 17.4 Å². The molecule has 0 amide bonds. The van der Waals surface area contributed by atoms with Gasteiger partial charge in [0.2, 0.25) is 10.0 Å². The molecule has 3 rings (SSSR count). The molecular weight excluding hydrogens is 372 g/mol. The van der Waals surface area contributed by atoms with Crippen LogP contribution in [0.25, 0.3) is 0 Å². The Hall–Kier alpha value is -2.78. The number of ether oxygens (including phenoxy) is 1. The van der Waals surface area contributed by atoms with Gasteiger partial charge in [-0.15, -0.1) is 0 Å². The first-order chi connectivity index (χ1) is 12.9. The molecule has 27 heavy (non-hydrogen) atoms. The molecule has 0 aliphatic carbocycles. The molecule has 0 unspecified atom stereocenters. The zero-order valence-electron chi connectivity index (χ0n) is 14.5. The number of rotatable bonds is 5. The van der Waals surface area contributed by atoms with Crippen molar-refractivity contribution in [3.8, 4) is 0 Å². The third-order valence-electron chi connectivity index (χ3n) is 4.65. The highest BCUT2D eigenvalue weighted by atomic mass is 32.2. The minimum atomic E-state index is -3.95. The average molecular weight is 390 g/mol. The molecule has 142 valence electrons. The summed E-state index contributed by atoms with van der Waals surface area (Å²) in [7, 11) is -2.67. The minimum Gasteiger partial charge on any atom is -0.469 e. The number of carbonyl (C=O) groups is 1. The molecule has 2 atom stereocenters. The van der Waals surface area contributed by atoms with Gasteiger partial charge in [0.25, 0.3) is 5.69 Å². The van der Waals surface area contributed by atoms with Crippen LogP contribution in [0.1, 0.15) is 18.0 Å². The summed E-state index contributed by atoms with van der Waals surface area (Å²) < 4.78 is 32.4. The maximum atomic E-state index is 13.2. The lowest BCUT2D eigenvalue weighted by molar-refractivity contribution is -0.384. The number of sulfonamides is 1. The van der Waals surface area contributed by atoms with Crippen LogP contribution in [-0.2, 0) is 19.6 Å². The molecule has 8 nitrogen and oxygen atoms in total. The summed E-state index contributed by atoms with van der Waals surface area (Å²) in [6, 6.07) is 12.9. The van der Waals surface area contributed by atoms with Crippen LogP contribution >= 0.6 is 0 Å². The number of hydrogen-bond acceptors (Lipinski definition) is 6. The largest absolute Gasteiger partial charge is 0.469 e. The normalized spacial score (nSPS) is 20.3. The van der Waals surface area contributed by atoms with Crippen molar-refractivity contribution in [1.82, 2.24) is 4.31 Å². The van der Waals surface area contributed by atoms with Gasteiger partial charge in [0.1, 0.15) is 0 Å². The summed E-state index contributed by atoms with van der Waals surface area (Å²) >= 11 is 0. The number of nitrogens with zero attached hydrogens (tertiary/aromatic N) is 2. The van der Waals surface area contributed by atoms with E-state index in [1.807, 2.05) is 0 Å². The standard InChI is InChI=1S/C18H18N2O6S/c1-26-18(21)16-11-12-19(17(16)13-5-3-2-4-6-13)27(24,25)15-9-7-14(8-10-15)20(22)23/h2-10,16-17H,11-12H2,1H3/t16-,17+/m1/s1. The van der Waals surface area contributed by atoms with E-state index in [-0.39, 0.29) is 17.1 Å². The Balaban J connectivity index is 2.02. The highest BCUT2D eigenvalue weighted by molar-refractivity contribution is 7.89. The lowest BCUT2D eigenvalue weighted by Crippen LogP contribution is -2.34. The second-order valence-electron chi connectivity index (χ2n) is 6.14. The zero-order valence-corrected chi connectivity index (χ0v) is 15.3. The Morgan fingerprint density at radius 1 is 1.15 bits per heavy atom. The zero-order chi connectivity index (χ0) is 19.6. The lowest BCUT2D eigenvalue weighted by atomic mass is 9.94. The van der Waals surface area contributed by atoms with Crippen molar-refractivity contribution in [2.24, 2.45) is 5.92 Å². The van der Waals surface area contributed by atoms with Gasteiger partial charge in [-0.2, -0.15) is 4.31 Å². The molecule has 9 heteroatoms. The van der Waals surface area contributed by atoms with Crippen molar-refractivity contribution in [2.75, 3.05) is 13.7 Å². The summed E-state index contributed by atoms with van der Waals surface area (Å²) in [6.45, 7) is 0.151. The molecule has 0 spiro atoms. The summed E-state index contributed by atoms with van der Waals surface area (Å²) in [6.07, 6.45) is 0.332. The summed E-state index contributed by atoms with van der Waals surface area (Å²) in [5, 5.41) is 10.8. The average Bonchev–Trinajstić information content (AvgIpc) is 3.14. The SMILES string of the molecule is COC(=O)[C@@H]1CCN(S(=O)(=O)c2ccc([N+](=O)[O-])cc2)[C@H]1c1ccccc1. The fourth-order valence-electron chi connectivity index (χ4n) is 3.36. The number of nitro groups is 1. The van der Waals surface area contributed by atoms with Crippen LogP contribution in [0.5, 0.6) is 0 Å². The predicted molar refractivity (Wildman–Crippen MR) is 96.3 cm³/mol. The number of hydrogen-bond donors (Lipinski definition) is 0. The van der Waals surface area contributed by atoms with Crippen molar-refractivity contribution in [3.63, 3.8) is 0 Å². The van der Waals surface area contributed by atoms with Gasteiger partial charge in [-0.05, 0) is 24.1 Å². The van der Waals surface area contributed by atoms with E-state index in [9.17, 15) is 23.3 Å². The Morgan fingerprint density at radius 3 is 2.33 bits per heavy atom. The summed E-state index contributed by atoms with van der Waals surface area (Å²) in [4.78, 5) is 22.4. The highest BCUT2D eigenvalue weighted by Gasteiger charge is 2.46. The van der Waals surface area contributed by atoms with E-state index in [2.05, 4.69) is 0 Å². The molecule has 1 aliphatic heterocycles. The fraction of sp³-hybridized carbons (Fsp3) is 0.278. The molecule has 0 radical (unpaired) electrons. The van der Waals surface area contributed by atoms with E-state index >= 15 is 0 Å². The quantitative estimate of drug-likeness (QED) is 0.441. The van der Waals surface area contributed by atoms with E-state index in [0.29, 0.717) is 12.0 Å². The summed E-state index contributed by atoms with van der Waals surface area (Å²) in [5.41, 5.74) is 0.498. The number of carbonyl (C=O) groups excluding carboxylic acids is 1. The first kappa shape index (κ1) is 19.0. The van der Waals surface area contributed by atoms with Crippen LogP contribution in [0.2, 0.25) is 0 Å². The molecule has 1 fully saturated rings. The van der Waals surface area contributed by atoms with Crippen molar-refractivity contribution in [1.29, 1.82) is 0 Å². The maximum absolute atomic E-state index is 13.2. The van der Waals surface area contributed by atoms with Crippen LogP contribution in [-0.4, -0.2) is 37.3 Å². The predicted octanol–water partition coefficient (Wildman–Crippen LogP) is 2.52. The second-order valence-corrected chi connectivity index (χ2v) is 8.03. The van der Waals surface area contributed by atoms with E-state index in [1.54, 1.807) is 30.3 Å². The number of non-ortho nitro benzene ring substituents is 1. The van der Waals surface area contributed by atoms with Crippen LogP contribution < -0.4 is 0 Å². The Kier molecular flexibility index (Phi) is 5.24. The van der Waals surface area contributed by atoms with Crippen molar-refractivity contribution < 1.29 is 22.9 Å². The van der Waals surface area contributed by atoms with Crippen LogP contribution in [0.15, 0.2) is 59.5 Å². The monoisotopic (exact) mass is 390 g/mol. The number of benzene rings is 2. The van der Waals surface area contributed by atoms with E-state index in [4.69, 9.17) is 4.74 Å². The highest BCUT2D eigenvalue weighted by Crippen LogP contribution is 2.41. The van der Waals surface area contributed by atoms with Gasteiger partial charge >= 0.3 is 5.97 Å². The maximum Gasteiger partial charge on any atom is 0.310 e. The van der Waals surface area contributed by atoms with Gasteiger partial charge in [0, 0.05) is 18.7 Å². The molecule has 1 saturated heterocycles. The van der Waals surface area contributed by atoms with Crippen LogP contribution in [0.4, 0.5) is 5.69 Å². The van der Waals surface area contributed by atoms with Gasteiger partial charge in [-0.25, -0.2) is 8.42 Å². The van der Waals surface area contributed by atoms with Gasteiger partial charge in [0.05, 0.1) is 28.9 Å². The number of methoxy groups -OCH3 is 1. The smallest absolute Gasteiger partial charge is 0.310 e. The molecule has 2 aromatic rings. The molecule has 0 aromatic heterocycles. The van der Waals surface area contributed by atoms with E-state index in [0.717, 1.165) is 12.1 Å². The van der Waals surface area contributed by atoms with Crippen LogP contribution in [0.3, 0.4) is 0 Å². The molecule has 1 aliphatic rings. The molecule has 0 saturated carbocycles. The van der Waals surface area contributed by atoms with Gasteiger partial charge < -0.3 is 4.74 Å². The van der Waals surface area contributed by atoms with Gasteiger partial charge in [0.15, 0.2) is 0 Å². The summed E-state index contributed by atoms with van der Waals surface area (Å²) in [5.74, 6) is -1.09. The lowest BCUT2D eigenvalue weighted by Gasteiger charge is -2.27. The van der Waals surface area contributed by atoms with Gasteiger partial charge in [-0.1, -0.05) is 30.3 Å². The molecule has 0 bridgehead atoms. The minimum absolute atomic E-state index is 0.0560. The van der Waals surface area contributed by atoms with E-state index < -0.39 is 32.9 Å². The third-order valence-corrected chi connectivity index (χ3v) is 6.55. The number of nitro benzene ring substituents is 1. The van der Waals surface area contributed by atoms with Gasteiger partial charge in [-0.3, -0.25) is 14.9 Å². The molecule has 1 heterocycles. The van der Waals surface area contributed by atoms with Crippen LogP contribution in [0, 0.1) is 16.0 Å². The molecular formula is C18H18N2O6S. The van der Waals surface area contributed by atoms with E-state index in [1.165, 1.54) is 23.5 Å². The topological polar surface area (TPSA) is 107 Å². The second kappa shape index (κ2) is 7.45. The molecule has 2 aromatic carbocycles. The first-order valence-electron chi connectivity index (χ1n) is 8.25. The Labute approximate surface area is 156 Å². The fourth-order valence-corrected chi connectivity index (χ4v) is 5.02.